The number of anilines is 2. The van der Waals surface area contributed by atoms with Crippen molar-refractivity contribution in [1.29, 1.82) is 0 Å². The summed E-state index contributed by atoms with van der Waals surface area (Å²) >= 11 is 5.55. The molecule has 1 atom stereocenters. The average Bonchev–Trinajstić information content (AvgIpc) is 2.45. The SMILES string of the molecule is OC(CCl)CNc1cc(F)ccc1N1CCOCC1. The molecule has 1 fully saturated rings. The molecule has 1 aromatic rings. The van der Waals surface area contributed by atoms with Gasteiger partial charge in [-0.25, -0.2) is 4.39 Å². The molecule has 0 aliphatic carbocycles. The molecule has 106 valence electrons. The number of hydrogen-bond acceptors (Lipinski definition) is 4. The molecule has 4 nitrogen and oxygen atoms in total. The topological polar surface area (TPSA) is 44.7 Å². The lowest BCUT2D eigenvalue weighted by molar-refractivity contribution is 0.122. The molecule has 6 heteroatoms. The van der Waals surface area contributed by atoms with Gasteiger partial charge in [-0.15, -0.1) is 11.6 Å². The van der Waals surface area contributed by atoms with E-state index in [1.165, 1.54) is 12.1 Å². The largest absolute Gasteiger partial charge is 0.390 e. The fourth-order valence-corrected chi connectivity index (χ4v) is 2.12. The first-order chi connectivity index (χ1) is 9.20. The van der Waals surface area contributed by atoms with Gasteiger partial charge in [-0.3, -0.25) is 0 Å². The molecule has 1 aliphatic rings. The van der Waals surface area contributed by atoms with E-state index in [9.17, 15) is 9.50 Å². The van der Waals surface area contributed by atoms with Gasteiger partial charge in [-0.2, -0.15) is 0 Å². The van der Waals surface area contributed by atoms with Crippen LogP contribution in [0.15, 0.2) is 18.2 Å². The van der Waals surface area contributed by atoms with Crippen molar-refractivity contribution in [1.82, 2.24) is 0 Å². The van der Waals surface area contributed by atoms with Crippen molar-refractivity contribution >= 4 is 23.0 Å². The van der Waals surface area contributed by atoms with Crippen molar-refractivity contribution in [3.8, 4) is 0 Å². The standard InChI is InChI=1S/C13H18ClFN2O2/c14-8-11(18)9-16-12-7-10(15)1-2-13(12)17-3-5-19-6-4-17/h1-2,7,11,16,18H,3-6,8-9H2. The molecule has 0 aromatic heterocycles. The highest BCUT2D eigenvalue weighted by Gasteiger charge is 2.15. The van der Waals surface area contributed by atoms with Gasteiger partial charge in [0.2, 0.25) is 0 Å². The number of nitrogens with zero attached hydrogens (tertiary/aromatic N) is 1. The summed E-state index contributed by atoms with van der Waals surface area (Å²) in [7, 11) is 0. The minimum absolute atomic E-state index is 0.148. The van der Waals surface area contributed by atoms with Crippen LogP contribution >= 0.6 is 11.6 Å². The van der Waals surface area contributed by atoms with Crippen LogP contribution in [0.1, 0.15) is 0 Å². The van der Waals surface area contributed by atoms with Gasteiger partial charge in [0.25, 0.3) is 0 Å². The Morgan fingerprint density at radius 2 is 2.16 bits per heavy atom. The van der Waals surface area contributed by atoms with Crippen LogP contribution in [-0.2, 0) is 4.74 Å². The number of nitrogens with one attached hydrogen (secondary N) is 1. The quantitative estimate of drug-likeness (QED) is 0.809. The summed E-state index contributed by atoms with van der Waals surface area (Å²) in [6.45, 7) is 3.18. The molecule has 0 saturated carbocycles. The fourth-order valence-electron chi connectivity index (χ4n) is 2.01. The van der Waals surface area contributed by atoms with Gasteiger partial charge in [0.1, 0.15) is 5.82 Å². The first-order valence-electron chi connectivity index (χ1n) is 6.31. The Hall–Kier alpha value is -1.04. The first kappa shape index (κ1) is 14.4. The second-order valence-electron chi connectivity index (χ2n) is 4.45. The van der Waals surface area contributed by atoms with Crippen molar-refractivity contribution < 1.29 is 14.2 Å². The molecule has 1 unspecified atom stereocenters. The van der Waals surface area contributed by atoms with E-state index >= 15 is 0 Å². The second-order valence-corrected chi connectivity index (χ2v) is 4.76. The second kappa shape index (κ2) is 6.93. The average molecular weight is 289 g/mol. The van der Waals surface area contributed by atoms with Crippen LogP contribution in [-0.4, -0.2) is 49.9 Å². The number of benzene rings is 1. The third kappa shape index (κ3) is 3.96. The molecule has 19 heavy (non-hydrogen) atoms. The monoisotopic (exact) mass is 288 g/mol. The maximum Gasteiger partial charge on any atom is 0.125 e. The number of rotatable bonds is 5. The maximum absolute atomic E-state index is 13.3. The Morgan fingerprint density at radius 3 is 2.84 bits per heavy atom. The van der Waals surface area contributed by atoms with Gasteiger partial charge < -0.3 is 20.1 Å². The molecular weight excluding hydrogens is 271 g/mol. The number of alkyl halides is 1. The van der Waals surface area contributed by atoms with Gasteiger partial charge in [0, 0.05) is 19.6 Å². The van der Waals surface area contributed by atoms with Crippen LogP contribution in [0.25, 0.3) is 0 Å². The van der Waals surface area contributed by atoms with Crippen LogP contribution in [0.2, 0.25) is 0 Å². The highest BCUT2D eigenvalue weighted by Crippen LogP contribution is 2.27. The number of halogens is 2. The Kier molecular flexibility index (Phi) is 5.24. The third-order valence-electron chi connectivity index (χ3n) is 3.02. The van der Waals surface area contributed by atoms with Crippen LogP contribution in [0.5, 0.6) is 0 Å². The summed E-state index contributed by atoms with van der Waals surface area (Å²) in [6, 6.07) is 4.62. The van der Waals surface area contributed by atoms with Crippen molar-refractivity contribution in [2.75, 3.05) is 48.9 Å². The lowest BCUT2D eigenvalue weighted by atomic mass is 10.2. The number of morpholine rings is 1. The van der Waals surface area contributed by atoms with E-state index in [0.29, 0.717) is 25.4 Å². The van der Waals surface area contributed by atoms with E-state index < -0.39 is 6.10 Å². The summed E-state index contributed by atoms with van der Waals surface area (Å²) in [4.78, 5) is 2.14. The number of aliphatic hydroxyl groups is 1. The number of ether oxygens (including phenoxy) is 1. The van der Waals surface area contributed by atoms with Gasteiger partial charge in [0.15, 0.2) is 0 Å². The molecule has 2 N–H and O–H groups in total. The zero-order chi connectivity index (χ0) is 13.7. The highest BCUT2D eigenvalue weighted by molar-refractivity contribution is 6.18. The van der Waals surface area contributed by atoms with E-state index in [-0.39, 0.29) is 11.7 Å². The highest BCUT2D eigenvalue weighted by atomic mass is 35.5. The Morgan fingerprint density at radius 1 is 1.42 bits per heavy atom. The predicted octanol–water partition coefficient (Wildman–Crippen LogP) is 1.67. The molecule has 1 heterocycles. The van der Waals surface area contributed by atoms with E-state index in [4.69, 9.17) is 16.3 Å². The summed E-state index contributed by atoms with van der Waals surface area (Å²) < 4.78 is 18.7. The van der Waals surface area contributed by atoms with Gasteiger partial charge in [-0.1, -0.05) is 0 Å². The molecule has 0 spiro atoms. The molecule has 0 bridgehead atoms. The molecule has 1 aliphatic heterocycles. The van der Waals surface area contributed by atoms with Crippen molar-refractivity contribution in [2.45, 2.75) is 6.10 Å². The molecule has 2 rings (SSSR count). The molecule has 0 amide bonds. The van der Waals surface area contributed by atoms with Crippen LogP contribution < -0.4 is 10.2 Å². The Labute approximate surface area is 117 Å². The van der Waals surface area contributed by atoms with E-state index in [0.717, 1.165) is 18.8 Å². The van der Waals surface area contributed by atoms with Gasteiger partial charge in [-0.05, 0) is 18.2 Å². The smallest absolute Gasteiger partial charge is 0.125 e. The summed E-state index contributed by atoms with van der Waals surface area (Å²) in [5, 5.41) is 12.5. The van der Waals surface area contributed by atoms with Crippen LogP contribution in [0, 0.1) is 5.82 Å². The first-order valence-corrected chi connectivity index (χ1v) is 6.84. The lowest BCUT2D eigenvalue weighted by Crippen LogP contribution is -2.36. The van der Waals surface area contributed by atoms with Gasteiger partial charge >= 0.3 is 0 Å². The Balaban J connectivity index is 2.12. The Bertz CT molecular complexity index is 414. The maximum atomic E-state index is 13.3. The summed E-state index contributed by atoms with van der Waals surface area (Å²) in [5.41, 5.74) is 1.59. The molecule has 0 radical (unpaired) electrons. The third-order valence-corrected chi connectivity index (χ3v) is 3.37. The number of aliphatic hydroxyl groups excluding tert-OH is 1. The minimum atomic E-state index is -0.650. The zero-order valence-corrected chi connectivity index (χ0v) is 11.4. The summed E-state index contributed by atoms with van der Waals surface area (Å²) in [6.07, 6.45) is -0.650. The summed E-state index contributed by atoms with van der Waals surface area (Å²) in [5.74, 6) is -0.158. The van der Waals surface area contributed by atoms with Crippen molar-refractivity contribution in [3.63, 3.8) is 0 Å². The molecule has 1 aromatic carbocycles. The zero-order valence-electron chi connectivity index (χ0n) is 10.6. The van der Waals surface area contributed by atoms with Crippen LogP contribution in [0.3, 0.4) is 0 Å². The van der Waals surface area contributed by atoms with E-state index in [2.05, 4.69) is 10.2 Å². The van der Waals surface area contributed by atoms with E-state index in [1.54, 1.807) is 6.07 Å². The fraction of sp³-hybridized carbons (Fsp3) is 0.538. The normalized spacial score (nSPS) is 17.3. The van der Waals surface area contributed by atoms with E-state index in [1.807, 2.05) is 0 Å². The van der Waals surface area contributed by atoms with Crippen molar-refractivity contribution in [3.05, 3.63) is 24.0 Å². The van der Waals surface area contributed by atoms with Gasteiger partial charge in [0.05, 0.1) is 36.6 Å². The number of hydrogen-bond donors (Lipinski definition) is 2. The molecule has 1 saturated heterocycles. The minimum Gasteiger partial charge on any atom is -0.390 e. The van der Waals surface area contributed by atoms with Crippen molar-refractivity contribution in [2.24, 2.45) is 0 Å². The predicted molar refractivity (Wildman–Crippen MR) is 74.6 cm³/mol. The molecular formula is C13H18ClFN2O2. The lowest BCUT2D eigenvalue weighted by Gasteiger charge is -2.31. The van der Waals surface area contributed by atoms with Crippen LogP contribution in [0.4, 0.5) is 15.8 Å².